The summed E-state index contributed by atoms with van der Waals surface area (Å²) in [5.74, 6) is 1.28. The quantitative estimate of drug-likeness (QED) is 0.164. The van der Waals surface area contributed by atoms with Crippen LogP contribution >= 0.6 is 28.2 Å². The minimum absolute atomic E-state index is 0.618. The van der Waals surface area contributed by atoms with Gasteiger partial charge in [-0.05, 0) is 114 Å². The SMILES string of the molecule is Cc1cc2ccccc2c(Sc2c(Op3oc4ccc5ccccc5c4c4c(ccc5ccccc54)o3)ccc3ccccc23)c1Op1oc2ccc3ccccc3c2c2c(ccc3ccccc32)o1. The van der Waals surface area contributed by atoms with Gasteiger partial charge in [-0.2, -0.15) is 0 Å². The summed E-state index contributed by atoms with van der Waals surface area (Å²) in [6.45, 7) is 2.08. The van der Waals surface area contributed by atoms with E-state index >= 15 is 0 Å². The largest absolute Gasteiger partial charge is 0.453 e. The second-order valence-corrected chi connectivity index (χ2v) is 20.4. The van der Waals surface area contributed by atoms with Crippen LogP contribution in [0.4, 0.5) is 0 Å². The first-order valence-corrected chi connectivity index (χ1v) is 26.1. The first-order valence-electron chi connectivity index (χ1n) is 23.1. The van der Waals surface area contributed by atoms with Crippen LogP contribution in [0, 0.1) is 6.92 Å². The van der Waals surface area contributed by atoms with E-state index in [2.05, 4.69) is 189 Å². The second-order valence-electron chi connectivity index (χ2n) is 17.4. The summed E-state index contributed by atoms with van der Waals surface area (Å²) < 4.78 is 42.0. The molecule has 0 fully saturated rings. The predicted molar refractivity (Wildman–Crippen MR) is 291 cm³/mol. The Morgan fingerprint density at radius 3 is 1.09 bits per heavy atom. The van der Waals surface area contributed by atoms with Crippen LogP contribution < -0.4 is 9.05 Å². The van der Waals surface area contributed by atoms with Gasteiger partial charge in [0.1, 0.15) is 22.3 Å². The van der Waals surface area contributed by atoms with E-state index in [1.165, 1.54) is 0 Å². The Morgan fingerprint density at radius 1 is 0.329 bits per heavy atom. The molecule has 0 atom stereocenters. The van der Waals surface area contributed by atoms with Crippen molar-refractivity contribution < 1.29 is 25.8 Å². The van der Waals surface area contributed by atoms with Crippen molar-refractivity contribution in [1.82, 2.24) is 0 Å². The Balaban J connectivity index is 0.974. The lowest BCUT2D eigenvalue weighted by Crippen LogP contribution is -1.92. The van der Waals surface area contributed by atoms with Gasteiger partial charge in [-0.3, -0.25) is 0 Å². The van der Waals surface area contributed by atoms with Crippen LogP contribution in [-0.2, 0) is 0 Å². The average molecular weight is 961 g/mol. The smallest absolute Gasteiger partial charge is 0.390 e. The Labute approximate surface area is 406 Å². The van der Waals surface area contributed by atoms with Gasteiger partial charge in [0.25, 0.3) is 0 Å². The fourth-order valence-corrected chi connectivity index (χ4v) is 13.7. The summed E-state index contributed by atoms with van der Waals surface area (Å²) in [5.41, 5.74) is 3.74. The third-order valence-electron chi connectivity index (χ3n) is 13.3. The average Bonchev–Trinajstić information content (AvgIpc) is 3.68. The van der Waals surface area contributed by atoms with Crippen LogP contribution in [0.3, 0.4) is 0 Å². The third kappa shape index (κ3) is 6.81. The molecule has 0 N–H and O–H groups in total. The van der Waals surface area contributed by atoms with Crippen molar-refractivity contribution in [3.05, 3.63) is 218 Å². The molecule has 0 amide bonds. The van der Waals surface area contributed by atoms with Gasteiger partial charge in [0.05, 0.1) is 9.79 Å². The topological polar surface area (TPSA) is 71.0 Å². The van der Waals surface area contributed by atoms with Crippen molar-refractivity contribution in [2.24, 2.45) is 0 Å². The molecule has 0 aliphatic rings. The molecular formula is C61H38O6P2S. The van der Waals surface area contributed by atoms with Gasteiger partial charge in [0.2, 0.25) is 0 Å². The van der Waals surface area contributed by atoms with Gasteiger partial charge in [-0.25, -0.2) is 0 Å². The van der Waals surface area contributed by atoms with Gasteiger partial charge in [-0.15, -0.1) is 0 Å². The van der Waals surface area contributed by atoms with Crippen molar-refractivity contribution >= 4 is 137 Å². The summed E-state index contributed by atoms with van der Waals surface area (Å²) in [4.78, 5) is 1.79. The molecule has 0 radical (unpaired) electrons. The van der Waals surface area contributed by atoms with Crippen molar-refractivity contribution in [2.75, 3.05) is 0 Å². The lowest BCUT2D eigenvalue weighted by molar-refractivity contribution is 0.490. The van der Waals surface area contributed by atoms with E-state index in [0.29, 0.717) is 33.8 Å². The number of hydrogen-bond donors (Lipinski definition) is 0. The van der Waals surface area contributed by atoms with Gasteiger partial charge in [0.15, 0.2) is 11.5 Å². The maximum absolute atomic E-state index is 7.20. The fraction of sp³-hybridized carbons (Fsp3) is 0.0164. The number of benzene rings is 12. The molecule has 0 saturated heterocycles. The number of fused-ring (bicyclic) bond motifs is 16. The monoisotopic (exact) mass is 960 g/mol. The molecule has 334 valence electrons. The lowest BCUT2D eigenvalue weighted by Gasteiger charge is -2.17. The molecule has 0 saturated carbocycles. The van der Waals surface area contributed by atoms with Gasteiger partial charge in [-0.1, -0.05) is 188 Å². The van der Waals surface area contributed by atoms with Crippen LogP contribution in [0.1, 0.15) is 5.56 Å². The Bertz CT molecular complexity index is 4370. The zero-order valence-electron chi connectivity index (χ0n) is 37.5. The molecule has 0 aliphatic heterocycles. The van der Waals surface area contributed by atoms with Crippen molar-refractivity contribution in [1.29, 1.82) is 0 Å². The Hall–Kier alpha value is -8.05. The van der Waals surface area contributed by atoms with E-state index in [9.17, 15) is 0 Å². The molecule has 2 heterocycles. The van der Waals surface area contributed by atoms with E-state index in [1.54, 1.807) is 11.8 Å². The zero-order valence-corrected chi connectivity index (χ0v) is 40.1. The standard InChI is InChI=1S/C61H38O6P2S/c1-37-36-43-19-7-13-25-49(43)61(59(37)67-69-64-52-33-28-40-16-4-10-22-46(40)57(52)58-47-23-11-5-17-41(47)29-34-53(58)65-69)70-60-48-24-12-6-18-42(48)30-35-54(60)66-68-62-50-31-26-38-14-2-8-20-44(38)55(50)56-45-21-9-3-15-39(45)27-32-51(56)63-68/h2-36H,1H3. The van der Waals surface area contributed by atoms with Crippen LogP contribution in [0.15, 0.2) is 239 Å². The summed E-state index contributed by atoms with van der Waals surface area (Å²) >= 11 is 1.60. The van der Waals surface area contributed by atoms with Crippen molar-refractivity contribution in [3.8, 4) is 11.5 Å². The molecule has 12 aromatic carbocycles. The molecule has 9 heteroatoms. The Morgan fingerprint density at radius 2 is 0.657 bits per heavy atom. The summed E-state index contributed by atoms with van der Waals surface area (Å²) in [5, 5.41) is 16.9. The molecule has 0 unspecified atom stereocenters. The number of rotatable bonds is 6. The van der Waals surface area contributed by atoms with Gasteiger partial charge >= 0.3 is 16.5 Å². The summed E-state index contributed by atoms with van der Waals surface area (Å²) in [7, 11) is -4.06. The number of hydrogen-bond acceptors (Lipinski definition) is 7. The zero-order chi connectivity index (χ0) is 46.3. The molecule has 6 nitrogen and oxygen atoms in total. The fourth-order valence-electron chi connectivity index (χ4n) is 10.1. The highest BCUT2D eigenvalue weighted by molar-refractivity contribution is 8.00. The van der Waals surface area contributed by atoms with Crippen molar-refractivity contribution in [3.63, 3.8) is 0 Å². The van der Waals surface area contributed by atoms with Crippen LogP contribution in [0.25, 0.3) is 109 Å². The van der Waals surface area contributed by atoms with E-state index in [0.717, 1.165) is 102 Å². The lowest BCUT2D eigenvalue weighted by atomic mass is 9.99. The molecule has 2 aromatic heterocycles. The van der Waals surface area contributed by atoms with E-state index < -0.39 is 16.5 Å². The molecule has 0 aliphatic carbocycles. The summed E-state index contributed by atoms with van der Waals surface area (Å²) in [6, 6.07) is 73.3. The molecule has 0 bridgehead atoms. The first kappa shape index (κ1) is 41.0. The van der Waals surface area contributed by atoms with E-state index in [1.807, 2.05) is 30.3 Å². The molecule has 14 rings (SSSR count). The van der Waals surface area contributed by atoms with Crippen molar-refractivity contribution in [2.45, 2.75) is 16.7 Å². The van der Waals surface area contributed by atoms with Crippen LogP contribution in [-0.4, -0.2) is 0 Å². The third-order valence-corrected chi connectivity index (χ3v) is 16.6. The highest BCUT2D eigenvalue weighted by atomic mass is 32.2. The maximum atomic E-state index is 7.20. The first-order chi connectivity index (χ1) is 34.6. The maximum Gasteiger partial charge on any atom is 0.453 e. The van der Waals surface area contributed by atoms with Gasteiger partial charge in [0, 0.05) is 21.5 Å². The molecule has 70 heavy (non-hydrogen) atoms. The molecule has 14 aromatic rings. The molecular weight excluding hydrogens is 923 g/mol. The summed E-state index contributed by atoms with van der Waals surface area (Å²) in [6.07, 6.45) is 0. The van der Waals surface area contributed by atoms with Crippen LogP contribution in [0.5, 0.6) is 11.5 Å². The van der Waals surface area contributed by atoms with E-state index in [4.69, 9.17) is 25.8 Å². The predicted octanol–water partition coefficient (Wildman–Crippen LogP) is 20.0. The Kier molecular flexibility index (Phi) is 9.70. The second kappa shape index (κ2) is 16.6. The minimum Gasteiger partial charge on any atom is -0.390 e. The highest BCUT2D eigenvalue weighted by Gasteiger charge is 2.23. The highest BCUT2D eigenvalue weighted by Crippen LogP contribution is 2.53. The van der Waals surface area contributed by atoms with E-state index in [-0.39, 0.29) is 0 Å². The number of aryl methyl sites for hydroxylation is 1. The van der Waals surface area contributed by atoms with Crippen LogP contribution in [0.2, 0.25) is 0 Å². The minimum atomic E-state index is -2.04. The molecule has 0 spiro atoms. The van der Waals surface area contributed by atoms with Gasteiger partial charge < -0.3 is 25.8 Å². The normalized spacial score (nSPS) is 11.8.